The van der Waals surface area contributed by atoms with Crippen molar-refractivity contribution in [2.45, 2.75) is 13.3 Å². The lowest BCUT2D eigenvalue weighted by Gasteiger charge is -2.19. The summed E-state index contributed by atoms with van der Waals surface area (Å²) >= 11 is 7.40. The number of hydrogen-bond acceptors (Lipinski definition) is 4. The SMILES string of the molecule is CC(=O)N(CCCN(C)C)c1nc(-c2ccc(Cl)cc2)cs1. The second-order valence-corrected chi connectivity index (χ2v) is 6.62. The van der Waals surface area contributed by atoms with Gasteiger partial charge >= 0.3 is 0 Å². The van der Waals surface area contributed by atoms with Crippen LogP contribution in [0.2, 0.25) is 5.02 Å². The van der Waals surface area contributed by atoms with E-state index in [2.05, 4.69) is 9.88 Å². The first-order valence-electron chi connectivity index (χ1n) is 7.11. The molecule has 1 amide bonds. The van der Waals surface area contributed by atoms with Crippen LogP contribution in [0.25, 0.3) is 11.3 Å². The number of amides is 1. The highest BCUT2D eigenvalue weighted by molar-refractivity contribution is 7.14. The van der Waals surface area contributed by atoms with Crippen LogP contribution in [-0.2, 0) is 4.79 Å². The van der Waals surface area contributed by atoms with Crippen molar-refractivity contribution in [3.63, 3.8) is 0 Å². The Bertz CT molecular complexity index is 625. The maximum absolute atomic E-state index is 11.9. The van der Waals surface area contributed by atoms with Crippen LogP contribution >= 0.6 is 22.9 Å². The highest BCUT2D eigenvalue weighted by atomic mass is 35.5. The van der Waals surface area contributed by atoms with Gasteiger partial charge in [0.2, 0.25) is 5.91 Å². The van der Waals surface area contributed by atoms with Crippen LogP contribution < -0.4 is 4.90 Å². The Morgan fingerprint density at radius 3 is 2.50 bits per heavy atom. The van der Waals surface area contributed by atoms with Gasteiger partial charge in [-0.2, -0.15) is 0 Å². The van der Waals surface area contributed by atoms with E-state index in [1.165, 1.54) is 11.3 Å². The van der Waals surface area contributed by atoms with Crippen LogP contribution in [0.1, 0.15) is 13.3 Å². The third-order valence-corrected chi connectivity index (χ3v) is 4.35. The number of anilines is 1. The number of aromatic nitrogens is 1. The molecule has 0 saturated carbocycles. The summed E-state index contributed by atoms with van der Waals surface area (Å²) in [4.78, 5) is 20.3. The van der Waals surface area contributed by atoms with E-state index in [0.717, 1.165) is 29.4 Å². The van der Waals surface area contributed by atoms with E-state index in [1.54, 1.807) is 11.8 Å². The zero-order valence-electron chi connectivity index (χ0n) is 13.0. The largest absolute Gasteiger partial charge is 0.309 e. The van der Waals surface area contributed by atoms with E-state index in [9.17, 15) is 4.79 Å². The molecule has 2 rings (SSSR count). The standard InChI is InChI=1S/C16H20ClN3OS/c1-12(21)20(10-4-9-19(2)3)16-18-15(11-22-16)13-5-7-14(17)8-6-13/h5-8,11H,4,9-10H2,1-3H3. The van der Waals surface area contributed by atoms with Crippen molar-refractivity contribution in [2.24, 2.45) is 0 Å². The maximum atomic E-state index is 11.9. The number of halogens is 1. The predicted octanol–water partition coefficient (Wildman–Crippen LogP) is 3.77. The summed E-state index contributed by atoms with van der Waals surface area (Å²) < 4.78 is 0. The highest BCUT2D eigenvalue weighted by Crippen LogP contribution is 2.28. The first-order chi connectivity index (χ1) is 10.5. The smallest absolute Gasteiger partial charge is 0.225 e. The fourth-order valence-electron chi connectivity index (χ4n) is 2.07. The van der Waals surface area contributed by atoms with E-state index in [1.807, 2.05) is 43.7 Å². The Kier molecular flexibility index (Phi) is 5.94. The van der Waals surface area contributed by atoms with E-state index < -0.39 is 0 Å². The van der Waals surface area contributed by atoms with Gasteiger partial charge in [-0.05, 0) is 39.2 Å². The summed E-state index contributed by atoms with van der Waals surface area (Å²) in [5.41, 5.74) is 1.87. The maximum Gasteiger partial charge on any atom is 0.225 e. The number of hydrogen-bond donors (Lipinski definition) is 0. The first-order valence-corrected chi connectivity index (χ1v) is 8.37. The van der Waals surface area contributed by atoms with Gasteiger partial charge in [0, 0.05) is 29.4 Å². The molecule has 0 N–H and O–H groups in total. The number of carbonyl (C=O) groups excluding carboxylic acids is 1. The van der Waals surface area contributed by atoms with E-state index in [4.69, 9.17) is 11.6 Å². The normalized spacial score (nSPS) is 11.0. The van der Waals surface area contributed by atoms with Crippen LogP contribution in [0.4, 0.5) is 5.13 Å². The van der Waals surface area contributed by atoms with Crippen molar-refractivity contribution in [2.75, 3.05) is 32.1 Å². The van der Waals surface area contributed by atoms with Crippen molar-refractivity contribution in [3.05, 3.63) is 34.7 Å². The van der Waals surface area contributed by atoms with Crippen molar-refractivity contribution < 1.29 is 4.79 Å². The Morgan fingerprint density at radius 1 is 1.23 bits per heavy atom. The third kappa shape index (κ3) is 4.53. The van der Waals surface area contributed by atoms with Gasteiger partial charge in [-0.15, -0.1) is 11.3 Å². The van der Waals surface area contributed by atoms with Gasteiger partial charge in [0.05, 0.1) is 5.69 Å². The van der Waals surface area contributed by atoms with Crippen molar-refractivity contribution in [3.8, 4) is 11.3 Å². The van der Waals surface area contributed by atoms with Crippen LogP contribution in [0, 0.1) is 0 Å². The number of thiazole rings is 1. The second-order valence-electron chi connectivity index (χ2n) is 5.35. The number of nitrogens with zero attached hydrogens (tertiary/aromatic N) is 3. The molecule has 0 aliphatic rings. The molecule has 0 fully saturated rings. The molecule has 22 heavy (non-hydrogen) atoms. The van der Waals surface area contributed by atoms with Crippen molar-refractivity contribution in [1.82, 2.24) is 9.88 Å². The quantitative estimate of drug-likeness (QED) is 0.805. The monoisotopic (exact) mass is 337 g/mol. The first kappa shape index (κ1) is 16.9. The third-order valence-electron chi connectivity index (χ3n) is 3.23. The molecule has 0 radical (unpaired) electrons. The molecule has 0 atom stereocenters. The average molecular weight is 338 g/mol. The minimum Gasteiger partial charge on any atom is -0.309 e. The van der Waals surface area contributed by atoms with Gasteiger partial charge in [0.1, 0.15) is 0 Å². The summed E-state index contributed by atoms with van der Waals surface area (Å²) in [7, 11) is 4.06. The molecule has 2 aromatic rings. The molecule has 0 aliphatic heterocycles. The lowest BCUT2D eigenvalue weighted by Crippen LogP contribution is -2.31. The summed E-state index contributed by atoms with van der Waals surface area (Å²) in [5.74, 6) is 0.0239. The van der Waals surface area contributed by atoms with E-state index in [0.29, 0.717) is 11.6 Å². The summed E-state index contributed by atoms with van der Waals surface area (Å²) in [6, 6.07) is 7.56. The van der Waals surface area contributed by atoms with Gasteiger partial charge in [0.25, 0.3) is 0 Å². The Morgan fingerprint density at radius 2 is 1.91 bits per heavy atom. The van der Waals surface area contributed by atoms with Crippen molar-refractivity contribution >= 4 is 34.0 Å². The fraction of sp³-hybridized carbons (Fsp3) is 0.375. The molecule has 0 saturated heterocycles. The zero-order chi connectivity index (χ0) is 16.1. The topological polar surface area (TPSA) is 36.4 Å². The number of rotatable bonds is 6. The summed E-state index contributed by atoms with van der Waals surface area (Å²) in [6.45, 7) is 3.21. The van der Waals surface area contributed by atoms with Gasteiger partial charge in [-0.1, -0.05) is 23.7 Å². The molecule has 118 valence electrons. The Balaban J connectivity index is 2.12. The zero-order valence-corrected chi connectivity index (χ0v) is 14.6. The minimum absolute atomic E-state index is 0.0239. The molecule has 1 aromatic carbocycles. The lowest BCUT2D eigenvalue weighted by atomic mass is 10.2. The molecular weight excluding hydrogens is 318 g/mol. The average Bonchev–Trinajstić information content (AvgIpc) is 2.93. The molecule has 0 bridgehead atoms. The fourth-order valence-corrected chi connectivity index (χ4v) is 3.10. The summed E-state index contributed by atoms with van der Waals surface area (Å²) in [5, 5.41) is 3.42. The molecule has 4 nitrogen and oxygen atoms in total. The Labute approximate surface area is 140 Å². The predicted molar refractivity (Wildman–Crippen MR) is 93.8 cm³/mol. The van der Waals surface area contributed by atoms with Gasteiger partial charge < -0.3 is 4.90 Å². The number of carbonyl (C=O) groups is 1. The molecule has 1 heterocycles. The van der Waals surface area contributed by atoms with Gasteiger partial charge in [-0.3, -0.25) is 9.69 Å². The van der Waals surface area contributed by atoms with Gasteiger partial charge in [-0.25, -0.2) is 4.98 Å². The molecule has 0 aliphatic carbocycles. The minimum atomic E-state index is 0.0239. The highest BCUT2D eigenvalue weighted by Gasteiger charge is 2.15. The summed E-state index contributed by atoms with van der Waals surface area (Å²) in [6.07, 6.45) is 0.919. The lowest BCUT2D eigenvalue weighted by molar-refractivity contribution is -0.116. The van der Waals surface area contributed by atoms with Crippen LogP contribution in [0.5, 0.6) is 0 Å². The van der Waals surface area contributed by atoms with Crippen LogP contribution in [0.15, 0.2) is 29.6 Å². The molecular formula is C16H20ClN3OS. The molecule has 0 spiro atoms. The van der Waals surface area contributed by atoms with Crippen molar-refractivity contribution in [1.29, 1.82) is 0 Å². The van der Waals surface area contributed by atoms with Gasteiger partial charge in [0.15, 0.2) is 5.13 Å². The molecule has 6 heteroatoms. The van der Waals surface area contributed by atoms with Crippen LogP contribution in [-0.4, -0.2) is 43.0 Å². The van der Waals surface area contributed by atoms with E-state index >= 15 is 0 Å². The van der Waals surface area contributed by atoms with E-state index in [-0.39, 0.29) is 5.91 Å². The molecule has 1 aromatic heterocycles. The van der Waals surface area contributed by atoms with Crippen LogP contribution in [0.3, 0.4) is 0 Å². The second kappa shape index (κ2) is 7.72. The molecule has 0 unspecified atom stereocenters. The Hall–Kier alpha value is -1.43. The number of benzene rings is 1.